The van der Waals surface area contributed by atoms with Gasteiger partial charge in [-0.25, -0.2) is 4.79 Å². The fourth-order valence-electron chi connectivity index (χ4n) is 6.13. The Bertz CT molecular complexity index is 953. The van der Waals surface area contributed by atoms with E-state index in [1.807, 2.05) is 36.1 Å². The van der Waals surface area contributed by atoms with E-state index in [1.165, 1.54) is 0 Å². The fourth-order valence-corrected chi connectivity index (χ4v) is 6.13. The number of carboxylic acid groups (broad SMARTS) is 1. The van der Waals surface area contributed by atoms with Crippen LogP contribution in [0.15, 0.2) is 24.3 Å². The predicted octanol–water partition coefficient (Wildman–Crippen LogP) is 5.01. The van der Waals surface area contributed by atoms with Gasteiger partial charge in [0.1, 0.15) is 6.04 Å². The average molecular weight is 561 g/mol. The molecule has 1 saturated heterocycles. The minimum Gasteiger partial charge on any atom is -0.480 e. The number of carboxylic acids is 1. The lowest BCUT2D eigenvalue weighted by Crippen LogP contribution is -2.52. The maximum atomic E-state index is 13.6. The van der Waals surface area contributed by atoms with Crippen LogP contribution in [0, 0.1) is 24.7 Å². The van der Waals surface area contributed by atoms with Gasteiger partial charge in [0, 0.05) is 27.2 Å². The number of hydrogen-bond acceptors (Lipinski definition) is 5. The zero-order valence-electron chi connectivity index (χ0n) is 25.7. The number of unbranched alkanes of at least 4 members (excludes halogenated alkanes) is 1. The second-order valence-corrected chi connectivity index (χ2v) is 11.5. The van der Waals surface area contributed by atoms with Crippen LogP contribution in [0.1, 0.15) is 83.8 Å². The summed E-state index contributed by atoms with van der Waals surface area (Å²) in [6.07, 6.45) is 5.64. The van der Waals surface area contributed by atoms with E-state index in [0.29, 0.717) is 24.8 Å². The number of ether oxygens (including phenoxy) is 2. The third-order valence-corrected chi connectivity index (χ3v) is 8.90. The molecule has 7 atom stereocenters. The highest BCUT2D eigenvalue weighted by Gasteiger charge is 2.41. The van der Waals surface area contributed by atoms with Crippen LogP contribution in [0.3, 0.4) is 0 Å². The van der Waals surface area contributed by atoms with Gasteiger partial charge in [0.05, 0.1) is 30.6 Å². The van der Waals surface area contributed by atoms with Crippen LogP contribution in [0.2, 0.25) is 0 Å². The molecule has 2 rings (SSSR count). The molecule has 1 heterocycles. The van der Waals surface area contributed by atoms with Crippen molar-refractivity contribution in [2.45, 2.75) is 110 Å². The molecule has 1 aliphatic heterocycles. The highest BCUT2D eigenvalue weighted by atomic mass is 16.5. The Labute approximate surface area is 241 Å². The summed E-state index contributed by atoms with van der Waals surface area (Å²) < 4.78 is 11.7. The predicted molar refractivity (Wildman–Crippen MR) is 157 cm³/mol. The number of benzene rings is 1. The van der Waals surface area contributed by atoms with Crippen molar-refractivity contribution >= 4 is 17.8 Å². The van der Waals surface area contributed by atoms with Gasteiger partial charge in [0.2, 0.25) is 11.8 Å². The first-order chi connectivity index (χ1) is 19.1. The number of methoxy groups -OCH3 is 2. The molecule has 0 unspecified atom stereocenters. The van der Waals surface area contributed by atoms with Crippen LogP contribution >= 0.6 is 0 Å². The number of aryl methyl sites for hydroxylation is 1. The summed E-state index contributed by atoms with van der Waals surface area (Å²) in [5.41, 5.74) is 1.85. The summed E-state index contributed by atoms with van der Waals surface area (Å²) >= 11 is 0. The Hall–Kier alpha value is -2.45. The highest BCUT2D eigenvalue weighted by molar-refractivity contribution is 5.85. The summed E-state index contributed by atoms with van der Waals surface area (Å²) in [6, 6.07) is 6.25. The summed E-state index contributed by atoms with van der Waals surface area (Å²) in [7, 11) is 3.25. The molecule has 8 heteroatoms. The summed E-state index contributed by atoms with van der Waals surface area (Å²) in [4.78, 5) is 40.8. The molecule has 0 bridgehead atoms. The Morgan fingerprint density at radius 2 is 1.82 bits per heavy atom. The molecule has 2 N–H and O–H groups in total. The first-order valence-electron chi connectivity index (χ1n) is 15.0. The molecular weight excluding hydrogens is 508 g/mol. The minimum atomic E-state index is -1.08. The van der Waals surface area contributed by atoms with Crippen molar-refractivity contribution in [1.29, 1.82) is 0 Å². The lowest BCUT2D eigenvalue weighted by atomic mass is 9.81. The fraction of sp³-hybridized carbons (Fsp3) is 0.719. The number of hydrogen-bond donors (Lipinski definition) is 2. The maximum Gasteiger partial charge on any atom is 0.326 e. The van der Waals surface area contributed by atoms with E-state index in [0.717, 1.165) is 49.7 Å². The van der Waals surface area contributed by atoms with Gasteiger partial charge in [-0.3, -0.25) is 9.59 Å². The quantitative estimate of drug-likeness (QED) is 0.278. The number of likely N-dealkylation sites (tertiary alicyclic amines) is 1. The van der Waals surface area contributed by atoms with E-state index in [-0.39, 0.29) is 24.5 Å². The first-order valence-corrected chi connectivity index (χ1v) is 15.0. The van der Waals surface area contributed by atoms with E-state index in [2.05, 4.69) is 26.1 Å². The topological polar surface area (TPSA) is 105 Å². The third-order valence-electron chi connectivity index (χ3n) is 8.90. The number of carbonyl (C=O) groups excluding carboxylic acids is 2. The molecule has 1 aromatic carbocycles. The lowest BCUT2D eigenvalue weighted by molar-refractivity contribution is -0.145. The van der Waals surface area contributed by atoms with Crippen LogP contribution in [0.4, 0.5) is 0 Å². The van der Waals surface area contributed by atoms with E-state index in [4.69, 9.17) is 9.47 Å². The standard InChI is InChI=1S/C32H52N2O6/c1-8-10-16-25(21(3)9-2)28(39-6)20-29(35)34-18-13-17-27(34)30(40-7)23(5)31(36)33-26(32(37)38)19-24-15-12-11-14-22(24)4/h11-12,14-15,21,23,25-28,30H,8-10,13,16-20H2,1-7H3,(H,33,36)(H,37,38)/t21-,23+,25-,26-,27-,28+,30+/m0/s1. The largest absolute Gasteiger partial charge is 0.480 e. The summed E-state index contributed by atoms with van der Waals surface area (Å²) in [5.74, 6) is -1.33. The number of amides is 2. The molecule has 0 aromatic heterocycles. The number of nitrogens with one attached hydrogen (secondary N) is 1. The smallest absolute Gasteiger partial charge is 0.326 e. The Morgan fingerprint density at radius 3 is 2.40 bits per heavy atom. The van der Waals surface area contributed by atoms with Crippen molar-refractivity contribution < 1.29 is 29.0 Å². The van der Waals surface area contributed by atoms with Gasteiger partial charge >= 0.3 is 5.97 Å². The van der Waals surface area contributed by atoms with Crippen LogP contribution in [0.5, 0.6) is 0 Å². The van der Waals surface area contributed by atoms with Crippen LogP contribution in [-0.2, 0) is 30.3 Å². The molecule has 0 spiro atoms. The monoisotopic (exact) mass is 560 g/mol. The zero-order chi connectivity index (χ0) is 29.8. The number of aliphatic carboxylic acids is 1. The van der Waals surface area contributed by atoms with Crippen LogP contribution < -0.4 is 5.32 Å². The molecule has 226 valence electrons. The Morgan fingerprint density at radius 1 is 1.12 bits per heavy atom. The minimum absolute atomic E-state index is 0.0248. The molecular formula is C32H52N2O6. The molecule has 0 aliphatic carbocycles. The second kappa shape index (κ2) is 16.7. The van der Waals surface area contributed by atoms with Crippen molar-refractivity contribution in [2.24, 2.45) is 17.8 Å². The van der Waals surface area contributed by atoms with E-state index < -0.39 is 29.9 Å². The van der Waals surface area contributed by atoms with E-state index >= 15 is 0 Å². The highest BCUT2D eigenvalue weighted by Crippen LogP contribution is 2.31. The number of rotatable bonds is 17. The maximum absolute atomic E-state index is 13.6. The number of nitrogens with zero attached hydrogens (tertiary/aromatic N) is 1. The molecule has 8 nitrogen and oxygen atoms in total. The lowest BCUT2D eigenvalue weighted by Gasteiger charge is -2.36. The average Bonchev–Trinajstić information content (AvgIpc) is 3.42. The molecule has 2 amide bonds. The van der Waals surface area contributed by atoms with Crippen molar-refractivity contribution in [3.8, 4) is 0 Å². The van der Waals surface area contributed by atoms with Crippen LogP contribution in [0.25, 0.3) is 0 Å². The van der Waals surface area contributed by atoms with E-state index in [1.54, 1.807) is 21.1 Å². The third kappa shape index (κ3) is 9.03. The zero-order valence-corrected chi connectivity index (χ0v) is 25.7. The van der Waals surface area contributed by atoms with Crippen LogP contribution in [-0.4, -0.2) is 72.8 Å². The normalized spacial score (nSPS) is 19.9. The van der Waals surface area contributed by atoms with Gasteiger partial charge < -0.3 is 24.8 Å². The van der Waals surface area contributed by atoms with Gasteiger partial charge in [-0.15, -0.1) is 0 Å². The van der Waals surface area contributed by atoms with Crippen molar-refractivity contribution in [3.05, 3.63) is 35.4 Å². The van der Waals surface area contributed by atoms with Gasteiger partial charge in [0.25, 0.3) is 0 Å². The SMILES string of the molecule is CCCC[C@@H]([C@@H](C)CC)[C@@H](CC(=O)N1CCC[C@H]1[C@H](OC)[C@@H](C)C(=O)N[C@@H](Cc1ccccc1C)C(=O)O)OC. The van der Waals surface area contributed by atoms with Crippen molar-refractivity contribution in [1.82, 2.24) is 10.2 Å². The number of carbonyl (C=O) groups is 3. The Kier molecular flexibility index (Phi) is 14.1. The molecule has 40 heavy (non-hydrogen) atoms. The van der Waals surface area contributed by atoms with Gasteiger partial charge in [-0.1, -0.05) is 71.2 Å². The molecule has 1 fully saturated rings. The second-order valence-electron chi connectivity index (χ2n) is 11.5. The molecule has 0 radical (unpaired) electrons. The van der Waals surface area contributed by atoms with Gasteiger partial charge in [-0.2, -0.15) is 0 Å². The van der Waals surface area contributed by atoms with E-state index in [9.17, 15) is 19.5 Å². The molecule has 0 saturated carbocycles. The summed E-state index contributed by atoms with van der Waals surface area (Å²) in [5, 5.41) is 12.6. The van der Waals surface area contributed by atoms with Crippen molar-refractivity contribution in [3.63, 3.8) is 0 Å². The molecule has 1 aliphatic rings. The molecule has 1 aromatic rings. The van der Waals surface area contributed by atoms with Gasteiger partial charge in [0.15, 0.2) is 0 Å². The summed E-state index contributed by atoms with van der Waals surface area (Å²) in [6.45, 7) is 10.9. The Balaban J connectivity index is 2.13. The first kappa shape index (κ1) is 33.8. The van der Waals surface area contributed by atoms with Crippen molar-refractivity contribution in [2.75, 3.05) is 20.8 Å². The van der Waals surface area contributed by atoms with Gasteiger partial charge in [-0.05, 0) is 49.1 Å².